The number of piperazine rings is 1. The number of hydrogen-bond acceptors (Lipinski definition) is 9. The monoisotopic (exact) mass is 437 g/mol. The maximum Gasteiger partial charge on any atom is 0.242 e. The Hall–Kier alpha value is -3.66. The summed E-state index contributed by atoms with van der Waals surface area (Å²) in [6.45, 7) is 3.27. The molecule has 1 aromatic carbocycles. The Bertz CT molecular complexity index is 1130. The zero-order chi connectivity index (χ0) is 22.7. The number of carbonyl (C=O) groups is 1. The van der Waals surface area contributed by atoms with E-state index in [0.717, 1.165) is 18.7 Å². The number of nitrogen functional groups attached to an aromatic ring is 1. The molecule has 2 aromatic heterocycles. The molecule has 168 valence electrons. The molecule has 10 heteroatoms. The quantitative estimate of drug-likeness (QED) is 0.591. The van der Waals surface area contributed by atoms with Gasteiger partial charge in [0.1, 0.15) is 5.52 Å². The van der Waals surface area contributed by atoms with Gasteiger partial charge in [-0.15, -0.1) is 0 Å². The minimum Gasteiger partial charge on any atom is -0.493 e. The van der Waals surface area contributed by atoms with E-state index in [1.165, 1.54) is 0 Å². The van der Waals surface area contributed by atoms with Gasteiger partial charge in [-0.3, -0.25) is 4.79 Å². The summed E-state index contributed by atoms with van der Waals surface area (Å²) in [4.78, 5) is 30.0. The van der Waals surface area contributed by atoms with Crippen LogP contribution in [0.15, 0.2) is 30.3 Å². The van der Waals surface area contributed by atoms with Crippen LogP contribution in [0.3, 0.4) is 0 Å². The van der Waals surface area contributed by atoms with Crippen LogP contribution in [-0.2, 0) is 4.79 Å². The van der Waals surface area contributed by atoms with Crippen molar-refractivity contribution in [3.8, 4) is 22.8 Å². The second kappa shape index (κ2) is 9.23. The summed E-state index contributed by atoms with van der Waals surface area (Å²) >= 11 is 0. The number of hydrogen-bond donors (Lipinski definition) is 2. The van der Waals surface area contributed by atoms with E-state index in [9.17, 15) is 4.79 Å². The lowest BCUT2D eigenvalue weighted by atomic mass is 10.1. The molecule has 32 heavy (non-hydrogen) atoms. The van der Waals surface area contributed by atoms with Gasteiger partial charge >= 0.3 is 0 Å². The van der Waals surface area contributed by atoms with Crippen LogP contribution in [0.25, 0.3) is 22.3 Å². The van der Waals surface area contributed by atoms with Crippen molar-refractivity contribution in [3.05, 3.63) is 30.3 Å². The molecule has 3 heterocycles. The molecule has 1 aliphatic heterocycles. The third kappa shape index (κ3) is 4.50. The Labute approximate surface area is 186 Å². The highest BCUT2D eigenvalue weighted by Gasteiger charge is 2.19. The number of aromatic nitrogens is 3. The van der Waals surface area contributed by atoms with Crippen LogP contribution in [0.1, 0.15) is 0 Å². The first kappa shape index (κ1) is 21.6. The first-order chi connectivity index (χ1) is 15.5. The molecule has 0 saturated carbocycles. The first-order valence-corrected chi connectivity index (χ1v) is 10.4. The Morgan fingerprint density at radius 3 is 2.50 bits per heavy atom. The molecule has 4 rings (SSSR count). The van der Waals surface area contributed by atoms with E-state index < -0.39 is 0 Å². The fourth-order valence-electron chi connectivity index (χ4n) is 3.64. The van der Waals surface area contributed by atoms with E-state index in [2.05, 4.69) is 27.2 Å². The van der Waals surface area contributed by atoms with Gasteiger partial charge < -0.3 is 30.3 Å². The highest BCUT2D eigenvalue weighted by atomic mass is 16.5. The topological polar surface area (TPSA) is 119 Å². The van der Waals surface area contributed by atoms with Crippen LogP contribution >= 0.6 is 0 Å². The number of likely N-dealkylation sites (N-methyl/N-ethyl adjacent to an activating group) is 1. The maximum absolute atomic E-state index is 12.6. The summed E-state index contributed by atoms with van der Waals surface area (Å²) in [5.41, 5.74) is 8.58. The third-order valence-corrected chi connectivity index (χ3v) is 5.50. The van der Waals surface area contributed by atoms with E-state index in [1.54, 1.807) is 14.2 Å². The van der Waals surface area contributed by atoms with Crippen molar-refractivity contribution in [2.45, 2.75) is 0 Å². The highest BCUT2D eigenvalue weighted by Crippen LogP contribution is 2.32. The lowest BCUT2D eigenvalue weighted by Crippen LogP contribution is -2.48. The molecule has 3 aromatic rings. The number of nitrogens with two attached hydrogens (primary N) is 1. The van der Waals surface area contributed by atoms with Crippen LogP contribution < -0.4 is 20.5 Å². The van der Waals surface area contributed by atoms with E-state index in [1.807, 2.05) is 35.2 Å². The van der Waals surface area contributed by atoms with Crippen LogP contribution in [0.5, 0.6) is 11.5 Å². The second-order valence-corrected chi connectivity index (χ2v) is 7.60. The number of ether oxygens (including phenoxy) is 2. The van der Waals surface area contributed by atoms with Crippen molar-refractivity contribution >= 4 is 28.7 Å². The SMILES string of the molecule is COc1ccc(-c2ccc3nc(N)nc(NCC(=O)N4CCN(C)CC4)c3n2)cc1OC. The van der Waals surface area contributed by atoms with Gasteiger partial charge in [0, 0.05) is 31.7 Å². The molecule has 0 aliphatic carbocycles. The van der Waals surface area contributed by atoms with Crippen LogP contribution in [0, 0.1) is 0 Å². The Morgan fingerprint density at radius 2 is 1.78 bits per heavy atom. The van der Waals surface area contributed by atoms with E-state index in [-0.39, 0.29) is 18.4 Å². The van der Waals surface area contributed by atoms with Gasteiger partial charge in [-0.1, -0.05) is 0 Å². The molecular formula is C22H27N7O3. The van der Waals surface area contributed by atoms with Crippen molar-refractivity contribution in [2.75, 3.05) is 65.0 Å². The fourth-order valence-corrected chi connectivity index (χ4v) is 3.64. The normalized spacial score (nSPS) is 14.4. The minimum absolute atomic E-state index is 0.0134. The molecule has 0 bridgehead atoms. The third-order valence-electron chi connectivity index (χ3n) is 5.50. The maximum atomic E-state index is 12.6. The largest absolute Gasteiger partial charge is 0.493 e. The summed E-state index contributed by atoms with van der Waals surface area (Å²) in [6, 6.07) is 9.27. The van der Waals surface area contributed by atoms with Crippen LogP contribution in [0.4, 0.5) is 11.8 Å². The lowest BCUT2D eigenvalue weighted by molar-refractivity contribution is -0.130. The average molecular weight is 438 g/mol. The summed E-state index contributed by atoms with van der Waals surface area (Å²) in [6.07, 6.45) is 0. The van der Waals surface area contributed by atoms with Crippen LogP contribution in [0.2, 0.25) is 0 Å². The number of pyridine rings is 1. The molecule has 1 aliphatic rings. The van der Waals surface area contributed by atoms with Crippen molar-refractivity contribution in [1.29, 1.82) is 0 Å². The predicted molar refractivity (Wildman–Crippen MR) is 123 cm³/mol. The summed E-state index contributed by atoms with van der Waals surface area (Å²) < 4.78 is 10.7. The number of methoxy groups -OCH3 is 2. The fraction of sp³-hybridized carbons (Fsp3) is 0.364. The van der Waals surface area contributed by atoms with Gasteiger partial charge in [0.2, 0.25) is 11.9 Å². The first-order valence-electron chi connectivity index (χ1n) is 10.4. The number of carbonyl (C=O) groups excluding carboxylic acids is 1. The summed E-state index contributed by atoms with van der Waals surface area (Å²) in [5, 5.41) is 3.11. The van der Waals surface area contributed by atoms with E-state index in [0.29, 0.717) is 47.1 Å². The Kier molecular flexibility index (Phi) is 6.22. The number of amides is 1. The predicted octanol–water partition coefficient (Wildman–Crippen LogP) is 1.48. The minimum atomic E-state index is 0.0134. The number of rotatable bonds is 6. The molecule has 0 atom stereocenters. The van der Waals surface area contributed by atoms with E-state index in [4.69, 9.17) is 20.2 Å². The van der Waals surface area contributed by atoms with Gasteiger partial charge in [0.25, 0.3) is 0 Å². The molecule has 0 unspecified atom stereocenters. The Morgan fingerprint density at radius 1 is 1.03 bits per heavy atom. The van der Waals surface area contributed by atoms with Crippen molar-refractivity contribution in [3.63, 3.8) is 0 Å². The summed E-state index contributed by atoms with van der Waals surface area (Å²) in [7, 11) is 5.23. The number of nitrogens with one attached hydrogen (secondary N) is 1. The van der Waals surface area contributed by atoms with Gasteiger partial charge in [-0.25, -0.2) is 9.97 Å². The molecule has 0 radical (unpaired) electrons. The highest BCUT2D eigenvalue weighted by molar-refractivity contribution is 5.90. The van der Waals surface area contributed by atoms with Crippen LogP contribution in [-0.4, -0.2) is 84.6 Å². The lowest BCUT2D eigenvalue weighted by Gasteiger charge is -2.32. The molecular weight excluding hydrogens is 410 g/mol. The molecule has 1 amide bonds. The second-order valence-electron chi connectivity index (χ2n) is 7.60. The zero-order valence-corrected chi connectivity index (χ0v) is 18.5. The smallest absolute Gasteiger partial charge is 0.242 e. The van der Waals surface area contributed by atoms with Crippen molar-refractivity contribution < 1.29 is 14.3 Å². The number of anilines is 2. The van der Waals surface area contributed by atoms with Gasteiger partial charge in [-0.05, 0) is 37.4 Å². The van der Waals surface area contributed by atoms with Gasteiger partial charge in [0.05, 0.1) is 32.0 Å². The van der Waals surface area contributed by atoms with E-state index >= 15 is 0 Å². The average Bonchev–Trinajstić information content (AvgIpc) is 2.82. The molecule has 0 spiro atoms. The Balaban J connectivity index is 1.61. The molecule has 1 fully saturated rings. The summed E-state index contributed by atoms with van der Waals surface area (Å²) in [5.74, 6) is 1.80. The number of fused-ring (bicyclic) bond motifs is 1. The zero-order valence-electron chi connectivity index (χ0n) is 18.5. The van der Waals surface area contributed by atoms with Crippen molar-refractivity contribution in [1.82, 2.24) is 24.8 Å². The standard InChI is InChI=1S/C22H27N7O3/c1-28-8-10-29(11-9-28)19(30)13-24-21-20-16(26-22(23)27-21)6-5-15(25-20)14-4-7-17(31-2)18(12-14)32-3/h4-7,12H,8-11,13H2,1-3H3,(H3,23,24,26,27). The number of benzene rings is 1. The molecule has 1 saturated heterocycles. The number of nitrogens with zero attached hydrogens (tertiary/aromatic N) is 5. The molecule has 10 nitrogen and oxygen atoms in total. The van der Waals surface area contributed by atoms with Crippen molar-refractivity contribution in [2.24, 2.45) is 0 Å². The van der Waals surface area contributed by atoms with Gasteiger partial charge in [0.15, 0.2) is 17.3 Å². The van der Waals surface area contributed by atoms with Gasteiger partial charge in [-0.2, -0.15) is 4.98 Å². The molecule has 3 N–H and O–H groups in total.